The van der Waals surface area contributed by atoms with Gasteiger partial charge in [0.05, 0.1) is 28.5 Å². The van der Waals surface area contributed by atoms with Crippen LogP contribution in [0.2, 0.25) is 0 Å². The fourth-order valence-electron chi connectivity index (χ4n) is 2.80. The molecule has 2 aromatic heterocycles. The first-order valence-corrected chi connectivity index (χ1v) is 6.99. The van der Waals surface area contributed by atoms with Crippen LogP contribution in [0.5, 0.6) is 0 Å². The highest BCUT2D eigenvalue weighted by Gasteiger charge is 2.53. The van der Waals surface area contributed by atoms with E-state index in [4.69, 9.17) is 9.63 Å². The smallest absolute Gasteiger partial charge is 0.394 e. The Labute approximate surface area is 133 Å². The van der Waals surface area contributed by atoms with Gasteiger partial charge >= 0.3 is 12.1 Å². The zero-order valence-corrected chi connectivity index (χ0v) is 12.4. The van der Waals surface area contributed by atoms with Crippen LogP contribution < -0.4 is 0 Å². The number of aromatic nitrogens is 2. The SMILES string of the molecule is Cc1noc2ncc(C(=O)N3C[C@@H](C(F)(F)F)[C@H](C(=O)O)C3)cc12. The Kier molecular flexibility index (Phi) is 3.69. The van der Waals surface area contributed by atoms with Crippen LogP contribution in [-0.4, -0.2) is 51.3 Å². The van der Waals surface area contributed by atoms with Gasteiger partial charge in [-0.3, -0.25) is 9.59 Å². The molecule has 0 saturated carbocycles. The van der Waals surface area contributed by atoms with Crippen LogP contribution in [0.4, 0.5) is 13.2 Å². The Morgan fingerprint density at radius 3 is 2.67 bits per heavy atom. The predicted molar refractivity (Wildman–Crippen MR) is 73.1 cm³/mol. The number of hydrogen-bond acceptors (Lipinski definition) is 5. The van der Waals surface area contributed by atoms with Crippen LogP contribution in [0.3, 0.4) is 0 Å². The minimum atomic E-state index is -4.69. The maximum absolute atomic E-state index is 13.0. The van der Waals surface area contributed by atoms with E-state index in [1.54, 1.807) is 6.92 Å². The number of aryl methyl sites for hydroxylation is 1. The lowest BCUT2D eigenvalue weighted by Gasteiger charge is -2.18. The average Bonchev–Trinajstić information content (AvgIpc) is 3.11. The number of halogens is 3. The topological polar surface area (TPSA) is 96.5 Å². The number of fused-ring (bicyclic) bond motifs is 1. The number of amides is 1. The number of aliphatic carboxylic acids is 1. The third kappa shape index (κ3) is 2.68. The van der Waals surface area contributed by atoms with Crippen molar-refractivity contribution in [2.75, 3.05) is 13.1 Å². The molecule has 0 spiro atoms. The number of carbonyl (C=O) groups is 2. The van der Waals surface area contributed by atoms with E-state index in [0.717, 1.165) is 4.90 Å². The summed E-state index contributed by atoms with van der Waals surface area (Å²) in [6, 6.07) is 1.42. The molecule has 1 aliphatic rings. The van der Waals surface area contributed by atoms with Gasteiger partial charge in [0, 0.05) is 19.3 Å². The first-order valence-electron chi connectivity index (χ1n) is 6.99. The molecule has 0 bridgehead atoms. The molecule has 1 N–H and O–H groups in total. The lowest BCUT2D eigenvalue weighted by atomic mass is 9.96. The van der Waals surface area contributed by atoms with Gasteiger partial charge in [-0.15, -0.1) is 0 Å². The minimum Gasteiger partial charge on any atom is -0.481 e. The zero-order valence-electron chi connectivity index (χ0n) is 12.4. The highest BCUT2D eigenvalue weighted by Crippen LogP contribution is 2.38. The van der Waals surface area contributed by atoms with Crippen molar-refractivity contribution in [1.82, 2.24) is 15.0 Å². The van der Waals surface area contributed by atoms with E-state index in [2.05, 4.69) is 10.1 Å². The largest absolute Gasteiger partial charge is 0.481 e. The number of likely N-dealkylation sites (tertiary alicyclic amines) is 1. The zero-order chi connectivity index (χ0) is 17.6. The van der Waals surface area contributed by atoms with Crippen LogP contribution >= 0.6 is 0 Å². The molecule has 1 fully saturated rings. The van der Waals surface area contributed by atoms with Crippen LogP contribution in [0.15, 0.2) is 16.8 Å². The van der Waals surface area contributed by atoms with Gasteiger partial charge in [0.1, 0.15) is 0 Å². The van der Waals surface area contributed by atoms with Crippen molar-refractivity contribution < 1.29 is 32.4 Å². The number of alkyl halides is 3. The van der Waals surface area contributed by atoms with Gasteiger partial charge < -0.3 is 14.5 Å². The van der Waals surface area contributed by atoms with E-state index in [9.17, 15) is 22.8 Å². The van der Waals surface area contributed by atoms with Crippen LogP contribution in [0.1, 0.15) is 16.1 Å². The first-order chi connectivity index (χ1) is 11.2. The Hall–Kier alpha value is -2.65. The molecule has 10 heteroatoms. The molecule has 7 nitrogen and oxygen atoms in total. The van der Waals surface area contributed by atoms with Gasteiger partial charge in [-0.1, -0.05) is 5.16 Å². The van der Waals surface area contributed by atoms with Crippen molar-refractivity contribution in [3.8, 4) is 0 Å². The first kappa shape index (κ1) is 16.2. The highest BCUT2D eigenvalue weighted by atomic mass is 19.4. The van der Waals surface area contributed by atoms with Gasteiger partial charge in [-0.05, 0) is 13.0 Å². The molecule has 3 heterocycles. The van der Waals surface area contributed by atoms with Gasteiger partial charge in [0.15, 0.2) is 0 Å². The Morgan fingerprint density at radius 1 is 1.38 bits per heavy atom. The molecule has 0 aromatic carbocycles. The second kappa shape index (κ2) is 5.46. The Morgan fingerprint density at radius 2 is 2.08 bits per heavy atom. The predicted octanol–water partition coefficient (Wildman–Crippen LogP) is 1.87. The summed E-state index contributed by atoms with van der Waals surface area (Å²) >= 11 is 0. The average molecular weight is 343 g/mol. The van der Waals surface area contributed by atoms with Crippen molar-refractivity contribution in [2.45, 2.75) is 13.1 Å². The normalized spacial score (nSPS) is 21.4. The molecule has 2 atom stereocenters. The van der Waals surface area contributed by atoms with Crippen molar-refractivity contribution in [3.05, 3.63) is 23.5 Å². The molecule has 2 aromatic rings. The van der Waals surface area contributed by atoms with Crippen molar-refractivity contribution in [2.24, 2.45) is 11.8 Å². The number of nitrogens with zero attached hydrogens (tertiary/aromatic N) is 3. The molecule has 128 valence electrons. The van der Waals surface area contributed by atoms with E-state index >= 15 is 0 Å². The molecule has 0 radical (unpaired) electrons. The number of rotatable bonds is 2. The highest BCUT2D eigenvalue weighted by molar-refractivity contribution is 5.97. The van der Waals surface area contributed by atoms with E-state index in [1.807, 2.05) is 0 Å². The summed E-state index contributed by atoms with van der Waals surface area (Å²) in [5.41, 5.74) is 0.757. The summed E-state index contributed by atoms with van der Waals surface area (Å²) in [6.45, 7) is 0.441. The number of pyridine rings is 1. The molecular formula is C14H12F3N3O4. The van der Waals surface area contributed by atoms with Gasteiger partial charge in [-0.2, -0.15) is 13.2 Å². The van der Waals surface area contributed by atoms with Crippen molar-refractivity contribution in [1.29, 1.82) is 0 Å². The monoisotopic (exact) mass is 343 g/mol. The van der Waals surface area contributed by atoms with Crippen molar-refractivity contribution >= 4 is 23.0 Å². The molecule has 3 rings (SSSR count). The maximum atomic E-state index is 13.0. The van der Waals surface area contributed by atoms with Crippen LogP contribution in [0, 0.1) is 18.8 Å². The third-order valence-electron chi connectivity index (χ3n) is 4.10. The fraction of sp³-hybridized carbons (Fsp3) is 0.429. The van der Waals surface area contributed by atoms with E-state index in [-0.39, 0.29) is 11.3 Å². The quantitative estimate of drug-likeness (QED) is 0.894. The standard InChI is InChI=1S/C14H12F3N3O4/c1-6-8-2-7(3-18-11(8)24-19-6)12(21)20-4-9(13(22)23)10(5-20)14(15,16)17/h2-3,9-10H,4-5H2,1H3,(H,22,23)/t9-,10-/m1/s1. The number of carboxylic acids is 1. The van der Waals surface area contributed by atoms with E-state index in [1.165, 1.54) is 12.3 Å². The summed E-state index contributed by atoms with van der Waals surface area (Å²) in [5.74, 6) is -6.05. The molecule has 0 aliphatic carbocycles. The van der Waals surface area contributed by atoms with Crippen LogP contribution in [-0.2, 0) is 4.79 Å². The molecule has 1 saturated heterocycles. The summed E-state index contributed by atoms with van der Waals surface area (Å²) in [5, 5.41) is 13.2. The third-order valence-corrected chi connectivity index (χ3v) is 4.10. The Balaban J connectivity index is 1.89. The fourth-order valence-corrected chi connectivity index (χ4v) is 2.80. The lowest BCUT2D eigenvalue weighted by Crippen LogP contribution is -2.34. The summed E-state index contributed by atoms with van der Waals surface area (Å²) in [6.07, 6.45) is -3.52. The van der Waals surface area contributed by atoms with Gasteiger partial charge in [0.2, 0.25) is 0 Å². The van der Waals surface area contributed by atoms with Crippen LogP contribution in [0.25, 0.3) is 11.1 Å². The molecule has 24 heavy (non-hydrogen) atoms. The second-order valence-corrected chi connectivity index (χ2v) is 5.65. The summed E-state index contributed by atoms with van der Waals surface area (Å²) in [7, 11) is 0. The Bertz CT molecular complexity index is 817. The van der Waals surface area contributed by atoms with Crippen molar-refractivity contribution in [3.63, 3.8) is 0 Å². The number of hydrogen-bond donors (Lipinski definition) is 1. The number of carbonyl (C=O) groups excluding carboxylic acids is 1. The molecule has 1 aliphatic heterocycles. The lowest BCUT2D eigenvalue weighted by molar-refractivity contribution is -0.187. The second-order valence-electron chi connectivity index (χ2n) is 5.65. The summed E-state index contributed by atoms with van der Waals surface area (Å²) in [4.78, 5) is 28.3. The number of carboxylic acid groups (broad SMARTS) is 1. The molecular weight excluding hydrogens is 331 g/mol. The van der Waals surface area contributed by atoms with Gasteiger partial charge in [-0.25, -0.2) is 4.98 Å². The maximum Gasteiger partial charge on any atom is 0.394 e. The van der Waals surface area contributed by atoms with E-state index in [0.29, 0.717) is 11.1 Å². The van der Waals surface area contributed by atoms with Gasteiger partial charge in [0.25, 0.3) is 11.6 Å². The molecule has 1 amide bonds. The minimum absolute atomic E-state index is 0.0563. The molecule has 0 unspecified atom stereocenters. The van der Waals surface area contributed by atoms with E-state index < -0.39 is 43.0 Å². The summed E-state index contributed by atoms with van der Waals surface area (Å²) < 4.78 is 43.9.